The van der Waals surface area contributed by atoms with Gasteiger partial charge in [-0.2, -0.15) is 0 Å². The number of carbonyl (C=O) groups excluding carboxylic acids is 9. The molecule has 1 aromatic carbocycles. The van der Waals surface area contributed by atoms with Gasteiger partial charge >= 0.3 is 47.8 Å². The van der Waals surface area contributed by atoms with Gasteiger partial charge in [-0.05, 0) is 98.9 Å². The van der Waals surface area contributed by atoms with Crippen LogP contribution in [0.3, 0.4) is 0 Å². The molecule has 1 amide bonds. The molecule has 58 heavy (non-hydrogen) atoms. The van der Waals surface area contributed by atoms with Crippen molar-refractivity contribution in [3.63, 3.8) is 0 Å². The van der Waals surface area contributed by atoms with Crippen LogP contribution >= 0.6 is 0 Å². The Labute approximate surface area is 337 Å². The maximum absolute atomic E-state index is 13.6. The second-order valence-corrected chi connectivity index (χ2v) is 13.6. The van der Waals surface area contributed by atoms with Crippen LogP contribution in [0.25, 0.3) is 0 Å². The van der Waals surface area contributed by atoms with E-state index in [1.165, 1.54) is 46.4 Å². The molecule has 0 N–H and O–H groups in total. The highest BCUT2D eigenvalue weighted by molar-refractivity contribution is 5.86. The summed E-state index contributed by atoms with van der Waals surface area (Å²) in [5.74, 6) is -7.33. The van der Waals surface area contributed by atoms with Crippen molar-refractivity contribution in [2.75, 3.05) is 13.2 Å². The smallest absolute Gasteiger partial charge is 0.352 e. The number of benzene rings is 1. The SMILES string of the molecule is CC(=O)OC(C)C(=O)OC(C)C(=O)Oc1c(C)cc(OCC(CN(C(=O)C(C)OC(=O)C(C)OC(C)=O)C(C)C)OC(=O)C(C)OC(=O)C(C)OC(C)=O)c(C)c1C. The van der Waals surface area contributed by atoms with Crippen molar-refractivity contribution in [3.8, 4) is 11.5 Å². The van der Waals surface area contributed by atoms with Crippen LogP contribution in [-0.4, -0.2) is 120 Å². The number of nitrogens with zero attached hydrogens (tertiary/aromatic N) is 1. The van der Waals surface area contributed by atoms with Gasteiger partial charge in [0.25, 0.3) is 5.91 Å². The quantitative estimate of drug-likeness (QED) is 0.104. The van der Waals surface area contributed by atoms with Crippen LogP contribution in [0.2, 0.25) is 0 Å². The molecule has 7 atom stereocenters. The molecule has 324 valence electrons. The van der Waals surface area contributed by atoms with Crippen molar-refractivity contribution in [2.24, 2.45) is 0 Å². The van der Waals surface area contributed by atoms with Crippen LogP contribution in [0.5, 0.6) is 11.5 Å². The van der Waals surface area contributed by atoms with Gasteiger partial charge in [0, 0.05) is 26.8 Å². The lowest BCUT2D eigenvalue weighted by Crippen LogP contribution is -2.50. The molecule has 0 aliphatic heterocycles. The summed E-state index contributed by atoms with van der Waals surface area (Å²) in [7, 11) is 0. The van der Waals surface area contributed by atoms with Crippen LogP contribution in [0.15, 0.2) is 6.07 Å². The van der Waals surface area contributed by atoms with E-state index in [2.05, 4.69) is 0 Å². The van der Waals surface area contributed by atoms with Gasteiger partial charge in [0.05, 0.1) is 6.54 Å². The standard InChI is InChI=1S/C39H55NO18/c1-18(2)40(34(44)22(6)54-35(45)23(7)51-28(12)41)16-31(57-38(48)26(10)55-36(46)24(8)52-29(13)42)17-50-32-15-19(3)33(21(5)20(32)4)58-39(49)27(11)56-37(47)25(9)53-30(14)43/h15,18,22-27,31H,16-17H2,1-14H3. The molecule has 19 nitrogen and oxygen atoms in total. The number of rotatable bonds is 20. The first kappa shape index (κ1) is 50.3. The monoisotopic (exact) mass is 825 g/mol. The minimum absolute atomic E-state index is 0.149. The van der Waals surface area contributed by atoms with Gasteiger partial charge in [0.15, 0.2) is 42.7 Å². The Hall–Kier alpha value is -5.75. The van der Waals surface area contributed by atoms with Gasteiger partial charge in [-0.25, -0.2) is 24.0 Å². The third kappa shape index (κ3) is 16.0. The number of carbonyl (C=O) groups is 9. The Bertz CT molecular complexity index is 1700. The van der Waals surface area contributed by atoms with Gasteiger partial charge in [-0.3, -0.25) is 19.2 Å². The Morgan fingerprint density at radius 2 is 0.897 bits per heavy atom. The van der Waals surface area contributed by atoms with Crippen molar-refractivity contribution < 1.29 is 85.8 Å². The molecule has 19 heteroatoms. The molecule has 7 unspecified atom stereocenters. The lowest BCUT2D eigenvalue weighted by atomic mass is 10.0. The van der Waals surface area contributed by atoms with E-state index in [4.69, 9.17) is 42.6 Å². The molecule has 0 heterocycles. The highest BCUT2D eigenvalue weighted by Crippen LogP contribution is 2.34. The summed E-state index contributed by atoms with van der Waals surface area (Å²) in [6, 6.07) is 0.994. The van der Waals surface area contributed by atoms with Gasteiger partial charge in [0.1, 0.15) is 18.1 Å². The minimum atomic E-state index is -1.49. The molecule has 1 aromatic rings. The van der Waals surface area contributed by atoms with Crippen LogP contribution in [-0.2, 0) is 76.3 Å². The molecule has 0 aliphatic carbocycles. The summed E-state index contributed by atoms with van der Waals surface area (Å²) >= 11 is 0. The first-order valence-electron chi connectivity index (χ1n) is 18.4. The molecule has 0 saturated carbocycles. The lowest BCUT2D eigenvalue weighted by Gasteiger charge is -2.33. The molecule has 0 aliphatic rings. The lowest BCUT2D eigenvalue weighted by molar-refractivity contribution is -0.180. The van der Waals surface area contributed by atoms with Crippen LogP contribution < -0.4 is 9.47 Å². The van der Waals surface area contributed by atoms with E-state index in [1.807, 2.05) is 0 Å². The molecule has 0 bridgehead atoms. The Morgan fingerprint density at radius 1 is 0.517 bits per heavy atom. The van der Waals surface area contributed by atoms with E-state index in [0.29, 0.717) is 16.7 Å². The predicted molar refractivity (Wildman–Crippen MR) is 199 cm³/mol. The fourth-order valence-corrected chi connectivity index (χ4v) is 4.93. The summed E-state index contributed by atoms with van der Waals surface area (Å²) in [4.78, 5) is 112. The van der Waals surface area contributed by atoms with Crippen molar-refractivity contribution in [1.82, 2.24) is 4.90 Å². The topological polar surface area (TPSA) is 240 Å². The third-order valence-electron chi connectivity index (χ3n) is 8.11. The minimum Gasteiger partial charge on any atom is -0.489 e. The summed E-state index contributed by atoms with van der Waals surface area (Å²) in [5, 5.41) is 0. The van der Waals surface area contributed by atoms with Crippen LogP contribution in [0, 0.1) is 20.8 Å². The second kappa shape index (κ2) is 22.9. The van der Waals surface area contributed by atoms with E-state index in [-0.39, 0.29) is 24.7 Å². The molecule has 0 aromatic heterocycles. The highest BCUT2D eigenvalue weighted by atomic mass is 16.6. The molecule has 0 spiro atoms. The van der Waals surface area contributed by atoms with Crippen molar-refractivity contribution >= 4 is 53.7 Å². The van der Waals surface area contributed by atoms with Gasteiger partial charge in [0.2, 0.25) is 0 Å². The van der Waals surface area contributed by atoms with Crippen LogP contribution in [0.4, 0.5) is 0 Å². The molecular formula is C39H55NO18. The molecule has 1 rings (SSSR count). The summed E-state index contributed by atoms with van der Waals surface area (Å²) in [6.07, 6.45) is -9.32. The maximum atomic E-state index is 13.6. The zero-order valence-corrected chi connectivity index (χ0v) is 35.4. The molecule has 0 fully saturated rings. The van der Waals surface area contributed by atoms with Crippen molar-refractivity contribution in [1.29, 1.82) is 0 Å². The summed E-state index contributed by atoms with van der Waals surface area (Å²) in [6.45, 7) is 18.6. The van der Waals surface area contributed by atoms with E-state index in [0.717, 1.165) is 20.8 Å². The van der Waals surface area contributed by atoms with Gasteiger partial charge in [-0.15, -0.1) is 0 Å². The summed E-state index contributed by atoms with van der Waals surface area (Å²) in [5.41, 5.74) is 1.38. The average Bonchev–Trinajstić information content (AvgIpc) is 3.11. The van der Waals surface area contributed by atoms with E-state index in [1.54, 1.807) is 40.7 Å². The third-order valence-corrected chi connectivity index (χ3v) is 8.11. The van der Waals surface area contributed by atoms with Crippen molar-refractivity contribution in [2.45, 2.75) is 146 Å². The number of ether oxygens (including phenoxy) is 9. The van der Waals surface area contributed by atoms with E-state index in [9.17, 15) is 43.2 Å². The zero-order valence-electron chi connectivity index (χ0n) is 35.4. The first-order valence-corrected chi connectivity index (χ1v) is 18.4. The van der Waals surface area contributed by atoms with Crippen molar-refractivity contribution in [3.05, 3.63) is 22.8 Å². The average molecular weight is 826 g/mol. The molecule has 0 radical (unpaired) electrons. The highest BCUT2D eigenvalue weighted by Gasteiger charge is 2.34. The van der Waals surface area contributed by atoms with Gasteiger partial charge in [-0.1, -0.05) is 0 Å². The Balaban J connectivity index is 3.37. The number of hydrogen-bond acceptors (Lipinski definition) is 18. The number of esters is 8. The summed E-state index contributed by atoms with van der Waals surface area (Å²) < 4.78 is 47.3. The first-order chi connectivity index (χ1) is 26.8. The largest absolute Gasteiger partial charge is 0.489 e. The number of aryl methyl sites for hydroxylation is 1. The Morgan fingerprint density at radius 3 is 1.31 bits per heavy atom. The predicted octanol–water partition coefficient (Wildman–Crippen LogP) is 2.69. The maximum Gasteiger partial charge on any atom is 0.352 e. The van der Waals surface area contributed by atoms with Crippen LogP contribution in [0.1, 0.15) is 92.9 Å². The van der Waals surface area contributed by atoms with E-state index >= 15 is 0 Å². The second-order valence-electron chi connectivity index (χ2n) is 13.6. The molecular weight excluding hydrogens is 770 g/mol. The fourth-order valence-electron chi connectivity index (χ4n) is 4.93. The molecule has 0 saturated heterocycles. The number of amides is 1. The number of hydrogen-bond donors (Lipinski definition) is 0. The normalized spacial score (nSPS) is 14.5. The van der Waals surface area contributed by atoms with Gasteiger partial charge < -0.3 is 47.5 Å². The fraction of sp³-hybridized carbons (Fsp3) is 0.615. The Kier molecular flexibility index (Phi) is 19.8. The zero-order chi connectivity index (χ0) is 44.8. The van der Waals surface area contributed by atoms with E-state index < -0.39 is 102 Å².